The fraction of sp³-hybridized carbons (Fsp3) is 0.500. The minimum atomic E-state index is -0.189. The van der Waals surface area contributed by atoms with Crippen molar-refractivity contribution in [2.75, 3.05) is 18.8 Å². The normalized spacial score (nSPS) is 15.4. The van der Waals surface area contributed by atoms with Crippen molar-refractivity contribution in [2.24, 2.45) is 4.99 Å². The average molecular weight is 281 g/mol. The quantitative estimate of drug-likeness (QED) is 0.364. The van der Waals surface area contributed by atoms with E-state index in [4.69, 9.17) is 0 Å². The highest BCUT2D eigenvalue weighted by Gasteiger charge is 2.21. The lowest BCUT2D eigenvalue weighted by molar-refractivity contribution is 0.626. The third-order valence-electron chi connectivity index (χ3n) is 2.71. The summed E-state index contributed by atoms with van der Waals surface area (Å²) in [6, 6.07) is 7.20. The number of nitrogens with one attached hydrogen (secondary N) is 2. The van der Waals surface area contributed by atoms with Crippen molar-refractivity contribution in [1.29, 1.82) is 0 Å². The highest BCUT2D eigenvalue weighted by atomic mass is 32.2. The molecule has 1 aliphatic rings. The van der Waals surface area contributed by atoms with Crippen LogP contribution in [-0.2, 0) is 0 Å². The van der Waals surface area contributed by atoms with Crippen LogP contribution in [0.25, 0.3) is 0 Å². The lowest BCUT2D eigenvalue weighted by atomic mass is 10.4. The Morgan fingerprint density at radius 1 is 1.37 bits per heavy atom. The molecule has 0 heterocycles. The average Bonchev–Trinajstić information content (AvgIpc) is 3.21. The Hall–Kier alpha value is -1.23. The van der Waals surface area contributed by atoms with Crippen LogP contribution < -0.4 is 10.6 Å². The van der Waals surface area contributed by atoms with Gasteiger partial charge in [-0.15, -0.1) is 11.8 Å². The van der Waals surface area contributed by atoms with Gasteiger partial charge in [-0.25, -0.2) is 4.39 Å². The van der Waals surface area contributed by atoms with E-state index in [1.807, 2.05) is 0 Å². The van der Waals surface area contributed by atoms with Gasteiger partial charge < -0.3 is 10.6 Å². The molecule has 0 atom stereocenters. The molecule has 1 fully saturated rings. The molecule has 2 N–H and O–H groups in total. The fourth-order valence-corrected chi connectivity index (χ4v) is 2.34. The number of benzene rings is 1. The highest BCUT2D eigenvalue weighted by molar-refractivity contribution is 7.99. The number of rotatable bonds is 6. The van der Waals surface area contributed by atoms with Crippen molar-refractivity contribution in [3.05, 3.63) is 30.1 Å². The van der Waals surface area contributed by atoms with E-state index in [1.54, 1.807) is 23.9 Å². The lowest BCUT2D eigenvalue weighted by Gasteiger charge is -2.09. The molecule has 0 spiro atoms. The zero-order chi connectivity index (χ0) is 13.5. The summed E-state index contributed by atoms with van der Waals surface area (Å²) in [5, 5.41) is 6.62. The van der Waals surface area contributed by atoms with Crippen molar-refractivity contribution in [3.63, 3.8) is 0 Å². The summed E-state index contributed by atoms with van der Waals surface area (Å²) in [6.45, 7) is 3.70. The van der Waals surface area contributed by atoms with Gasteiger partial charge in [0.05, 0.1) is 6.54 Å². The standard InChI is InChI=1S/C14H20FN3S/c1-2-16-14(18-12-5-6-12)17-9-10-19-13-7-3-11(15)4-8-13/h3-4,7-8,12H,2,5-6,9-10H2,1H3,(H2,16,17,18). The van der Waals surface area contributed by atoms with E-state index >= 15 is 0 Å². The van der Waals surface area contributed by atoms with E-state index in [2.05, 4.69) is 22.5 Å². The Balaban J connectivity index is 1.72. The van der Waals surface area contributed by atoms with Gasteiger partial charge >= 0.3 is 0 Å². The zero-order valence-electron chi connectivity index (χ0n) is 11.2. The molecule has 0 bridgehead atoms. The first-order chi connectivity index (χ1) is 9.28. The molecule has 1 aromatic carbocycles. The first kappa shape index (κ1) is 14.2. The van der Waals surface area contributed by atoms with E-state index in [1.165, 1.54) is 25.0 Å². The third-order valence-corrected chi connectivity index (χ3v) is 3.70. The Morgan fingerprint density at radius 2 is 2.11 bits per heavy atom. The molecule has 0 aromatic heterocycles. The molecule has 2 rings (SSSR count). The second kappa shape index (κ2) is 7.38. The zero-order valence-corrected chi connectivity index (χ0v) is 12.0. The van der Waals surface area contributed by atoms with Gasteiger partial charge in [-0.1, -0.05) is 0 Å². The largest absolute Gasteiger partial charge is 0.357 e. The Kier molecular flexibility index (Phi) is 5.51. The smallest absolute Gasteiger partial charge is 0.191 e. The highest BCUT2D eigenvalue weighted by Crippen LogP contribution is 2.19. The second-order valence-corrected chi connectivity index (χ2v) is 5.65. The van der Waals surface area contributed by atoms with Gasteiger partial charge in [0.2, 0.25) is 0 Å². The molecule has 5 heteroatoms. The Labute approximate surface area is 118 Å². The Morgan fingerprint density at radius 3 is 2.74 bits per heavy atom. The molecule has 0 aliphatic heterocycles. The molecule has 1 aromatic rings. The summed E-state index contributed by atoms with van der Waals surface area (Å²) >= 11 is 1.69. The molecule has 0 unspecified atom stereocenters. The summed E-state index contributed by atoms with van der Waals surface area (Å²) in [6.07, 6.45) is 2.49. The van der Waals surface area contributed by atoms with Crippen LogP contribution in [0.5, 0.6) is 0 Å². The number of thioether (sulfide) groups is 1. The van der Waals surface area contributed by atoms with Crippen LogP contribution in [0, 0.1) is 5.82 Å². The molecular weight excluding hydrogens is 261 g/mol. The van der Waals surface area contributed by atoms with Gasteiger partial charge in [-0.2, -0.15) is 0 Å². The molecule has 19 heavy (non-hydrogen) atoms. The maximum Gasteiger partial charge on any atom is 0.191 e. The predicted molar refractivity (Wildman–Crippen MR) is 79.3 cm³/mol. The number of halogens is 1. The first-order valence-corrected chi connectivity index (χ1v) is 7.69. The molecule has 3 nitrogen and oxygen atoms in total. The minimum Gasteiger partial charge on any atom is -0.357 e. The third kappa shape index (κ3) is 5.51. The molecule has 1 aliphatic carbocycles. The fourth-order valence-electron chi connectivity index (χ4n) is 1.59. The van der Waals surface area contributed by atoms with Gasteiger partial charge in [0.15, 0.2) is 5.96 Å². The second-order valence-electron chi connectivity index (χ2n) is 4.48. The van der Waals surface area contributed by atoms with Crippen molar-refractivity contribution in [3.8, 4) is 0 Å². The van der Waals surface area contributed by atoms with Gasteiger partial charge in [-0.05, 0) is 44.0 Å². The minimum absolute atomic E-state index is 0.189. The van der Waals surface area contributed by atoms with Crippen LogP contribution in [0.4, 0.5) is 4.39 Å². The van der Waals surface area contributed by atoms with Gasteiger partial charge in [0.1, 0.15) is 5.82 Å². The summed E-state index contributed by atoms with van der Waals surface area (Å²) < 4.78 is 12.7. The maximum absolute atomic E-state index is 12.7. The van der Waals surface area contributed by atoms with E-state index < -0.39 is 0 Å². The van der Waals surface area contributed by atoms with E-state index in [0.717, 1.165) is 29.7 Å². The number of hydrogen-bond acceptors (Lipinski definition) is 2. The predicted octanol–water partition coefficient (Wildman–Crippen LogP) is 2.64. The lowest BCUT2D eigenvalue weighted by Crippen LogP contribution is -2.38. The summed E-state index contributed by atoms with van der Waals surface area (Å²) in [4.78, 5) is 5.61. The molecule has 1 saturated carbocycles. The monoisotopic (exact) mass is 281 g/mol. The van der Waals surface area contributed by atoms with E-state index in [-0.39, 0.29) is 5.82 Å². The van der Waals surface area contributed by atoms with Gasteiger partial charge in [-0.3, -0.25) is 4.99 Å². The van der Waals surface area contributed by atoms with Crippen LogP contribution >= 0.6 is 11.8 Å². The maximum atomic E-state index is 12.7. The van der Waals surface area contributed by atoms with E-state index in [9.17, 15) is 4.39 Å². The molecular formula is C14H20FN3S. The molecule has 104 valence electrons. The topological polar surface area (TPSA) is 36.4 Å². The van der Waals surface area contributed by atoms with Crippen LogP contribution in [0.1, 0.15) is 19.8 Å². The molecule has 0 amide bonds. The van der Waals surface area contributed by atoms with Gasteiger partial charge in [0.25, 0.3) is 0 Å². The van der Waals surface area contributed by atoms with Crippen molar-refractivity contribution < 1.29 is 4.39 Å². The number of guanidine groups is 1. The van der Waals surface area contributed by atoms with Crippen molar-refractivity contribution >= 4 is 17.7 Å². The van der Waals surface area contributed by atoms with Crippen molar-refractivity contribution in [1.82, 2.24) is 10.6 Å². The van der Waals surface area contributed by atoms with Crippen LogP contribution in [0.2, 0.25) is 0 Å². The van der Waals surface area contributed by atoms with Crippen molar-refractivity contribution in [2.45, 2.75) is 30.7 Å². The van der Waals surface area contributed by atoms with E-state index in [0.29, 0.717) is 6.04 Å². The van der Waals surface area contributed by atoms with Crippen LogP contribution in [0.3, 0.4) is 0 Å². The number of aliphatic imine (C=N–C) groups is 1. The first-order valence-electron chi connectivity index (χ1n) is 6.71. The summed E-state index contributed by atoms with van der Waals surface area (Å²) in [7, 11) is 0. The summed E-state index contributed by atoms with van der Waals surface area (Å²) in [5.41, 5.74) is 0. The molecule has 0 saturated heterocycles. The number of hydrogen-bond donors (Lipinski definition) is 2. The summed E-state index contributed by atoms with van der Waals surface area (Å²) in [5.74, 6) is 1.61. The van der Waals surface area contributed by atoms with Crippen LogP contribution in [0.15, 0.2) is 34.2 Å². The van der Waals surface area contributed by atoms with Gasteiger partial charge in [0, 0.05) is 23.2 Å². The Bertz CT molecular complexity index is 415. The molecule has 0 radical (unpaired) electrons. The number of nitrogens with zero attached hydrogens (tertiary/aromatic N) is 1. The SMILES string of the molecule is CCNC(=NCCSc1ccc(F)cc1)NC1CC1. The van der Waals surface area contributed by atoms with Crippen LogP contribution in [-0.4, -0.2) is 30.8 Å².